The quantitative estimate of drug-likeness (QED) is 0.478. The Kier molecular flexibility index (Phi) is 8.07. The first-order valence-electron chi connectivity index (χ1n) is 11.2. The van der Waals surface area contributed by atoms with Gasteiger partial charge in [-0.05, 0) is 63.7 Å². The Labute approximate surface area is 166 Å². The molecule has 0 amide bonds. The van der Waals surface area contributed by atoms with Gasteiger partial charge < -0.3 is 4.90 Å². The highest BCUT2D eigenvalue weighted by Gasteiger charge is 2.21. The van der Waals surface area contributed by atoms with Gasteiger partial charge in [0.05, 0.1) is 12.3 Å². The van der Waals surface area contributed by atoms with E-state index in [1.807, 2.05) is 0 Å². The Balaban J connectivity index is 1.51. The molecule has 1 saturated carbocycles. The molecule has 3 rings (SSSR count). The van der Waals surface area contributed by atoms with Crippen molar-refractivity contribution in [2.45, 2.75) is 77.0 Å². The summed E-state index contributed by atoms with van der Waals surface area (Å²) < 4.78 is 0. The number of rotatable bonds is 10. The van der Waals surface area contributed by atoms with E-state index < -0.39 is 0 Å². The Hall–Kier alpha value is -1.48. The molecule has 0 N–H and O–H groups in total. The van der Waals surface area contributed by atoms with Gasteiger partial charge in [-0.2, -0.15) is 0 Å². The maximum absolute atomic E-state index is 4.93. The van der Waals surface area contributed by atoms with Gasteiger partial charge in [0.15, 0.2) is 0 Å². The van der Waals surface area contributed by atoms with Crippen LogP contribution in [-0.4, -0.2) is 43.1 Å². The molecule has 1 aliphatic heterocycles. The summed E-state index contributed by atoms with van der Waals surface area (Å²) in [6, 6.07) is 8.95. The van der Waals surface area contributed by atoms with Crippen LogP contribution in [0.15, 0.2) is 34.3 Å². The Morgan fingerprint density at radius 2 is 1.78 bits per heavy atom. The summed E-state index contributed by atoms with van der Waals surface area (Å²) in [6.07, 6.45) is 12.9. The van der Waals surface area contributed by atoms with Crippen molar-refractivity contribution in [3.8, 4) is 0 Å². The maximum Gasteiger partial charge on any atom is 0.124 e. The number of benzene rings is 1. The van der Waals surface area contributed by atoms with Crippen LogP contribution in [-0.2, 0) is 0 Å². The van der Waals surface area contributed by atoms with E-state index in [1.54, 1.807) is 0 Å². The van der Waals surface area contributed by atoms with E-state index in [9.17, 15) is 0 Å². The Bertz CT molecular complexity index is 641. The van der Waals surface area contributed by atoms with Crippen molar-refractivity contribution in [2.24, 2.45) is 9.98 Å². The van der Waals surface area contributed by atoms with Crippen molar-refractivity contribution >= 4 is 11.5 Å². The van der Waals surface area contributed by atoms with Gasteiger partial charge in [0.2, 0.25) is 0 Å². The van der Waals surface area contributed by atoms with E-state index in [0.717, 1.165) is 24.7 Å². The lowest BCUT2D eigenvalue weighted by molar-refractivity contribution is 0.321. The summed E-state index contributed by atoms with van der Waals surface area (Å²) in [5.74, 6) is 1.79. The average Bonchev–Trinajstić information content (AvgIpc) is 3.19. The van der Waals surface area contributed by atoms with Gasteiger partial charge in [-0.25, -0.2) is 4.99 Å². The van der Waals surface area contributed by atoms with Crippen LogP contribution < -0.4 is 0 Å². The fourth-order valence-electron chi connectivity index (χ4n) is 4.41. The Morgan fingerprint density at radius 3 is 2.59 bits per heavy atom. The third-order valence-electron chi connectivity index (χ3n) is 6.08. The predicted octanol–water partition coefficient (Wildman–Crippen LogP) is 5.84. The van der Waals surface area contributed by atoms with Crippen LogP contribution in [0.25, 0.3) is 0 Å². The van der Waals surface area contributed by atoms with E-state index in [-0.39, 0.29) is 0 Å². The SMILES string of the molecule is CCCCN(C)CCCCC1=NCC(c2ccccc2C2CCCCC2)=N1. The van der Waals surface area contributed by atoms with Crippen LogP contribution in [0, 0.1) is 0 Å². The normalized spacial score (nSPS) is 18.0. The topological polar surface area (TPSA) is 28.0 Å². The zero-order chi connectivity index (χ0) is 18.9. The molecule has 3 nitrogen and oxygen atoms in total. The van der Waals surface area contributed by atoms with Crippen LogP contribution in [0.4, 0.5) is 0 Å². The summed E-state index contributed by atoms with van der Waals surface area (Å²) in [5, 5.41) is 0. The van der Waals surface area contributed by atoms with Crippen molar-refractivity contribution in [3.63, 3.8) is 0 Å². The number of nitrogens with zero attached hydrogens (tertiary/aromatic N) is 3. The predicted molar refractivity (Wildman–Crippen MR) is 117 cm³/mol. The molecule has 0 radical (unpaired) electrons. The van der Waals surface area contributed by atoms with Crippen molar-refractivity contribution in [3.05, 3.63) is 35.4 Å². The standard InChI is InChI=1S/C24H37N3/c1-3-4-17-27(2)18-11-10-16-24-25-19-23(26-24)22-15-9-8-14-21(22)20-12-6-5-7-13-20/h8-9,14-15,20H,3-7,10-13,16-19H2,1-2H3. The van der Waals surface area contributed by atoms with E-state index in [4.69, 9.17) is 9.98 Å². The van der Waals surface area contributed by atoms with Crippen molar-refractivity contribution in [2.75, 3.05) is 26.7 Å². The molecular weight excluding hydrogens is 330 g/mol. The molecular formula is C24H37N3. The highest BCUT2D eigenvalue weighted by atomic mass is 15.1. The van der Waals surface area contributed by atoms with Gasteiger partial charge in [-0.1, -0.05) is 56.9 Å². The minimum absolute atomic E-state index is 0.723. The first-order chi connectivity index (χ1) is 13.3. The molecule has 2 aliphatic rings. The first kappa shape index (κ1) is 20.3. The molecule has 27 heavy (non-hydrogen) atoms. The summed E-state index contributed by atoms with van der Waals surface area (Å²) in [5.41, 5.74) is 4.08. The second-order valence-corrected chi connectivity index (χ2v) is 8.33. The molecule has 0 saturated heterocycles. The van der Waals surface area contributed by atoms with Crippen molar-refractivity contribution in [1.29, 1.82) is 0 Å². The van der Waals surface area contributed by atoms with E-state index >= 15 is 0 Å². The zero-order valence-corrected chi connectivity index (χ0v) is 17.4. The number of hydrogen-bond donors (Lipinski definition) is 0. The third-order valence-corrected chi connectivity index (χ3v) is 6.08. The minimum Gasteiger partial charge on any atom is -0.306 e. The number of unbranched alkanes of at least 4 members (excludes halogenated alkanes) is 2. The Morgan fingerprint density at radius 1 is 1.00 bits per heavy atom. The van der Waals surface area contributed by atoms with Gasteiger partial charge in [0.25, 0.3) is 0 Å². The fourth-order valence-corrected chi connectivity index (χ4v) is 4.41. The summed E-state index contributed by atoms with van der Waals surface area (Å²) in [6.45, 7) is 5.44. The molecule has 1 aromatic carbocycles. The van der Waals surface area contributed by atoms with Crippen LogP contribution in [0.3, 0.4) is 0 Å². The lowest BCUT2D eigenvalue weighted by Crippen LogP contribution is -2.20. The van der Waals surface area contributed by atoms with Crippen LogP contribution in [0.2, 0.25) is 0 Å². The van der Waals surface area contributed by atoms with E-state index in [2.05, 4.69) is 43.1 Å². The monoisotopic (exact) mass is 367 g/mol. The highest BCUT2D eigenvalue weighted by Crippen LogP contribution is 2.34. The molecule has 1 fully saturated rings. The van der Waals surface area contributed by atoms with Crippen molar-refractivity contribution in [1.82, 2.24) is 4.90 Å². The van der Waals surface area contributed by atoms with Gasteiger partial charge in [0.1, 0.15) is 5.84 Å². The van der Waals surface area contributed by atoms with Crippen LogP contribution >= 0.6 is 0 Å². The second-order valence-electron chi connectivity index (χ2n) is 8.33. The van der Waals surface area contributed by atoms with Crippen molar-refractivity contribution < 1.29 is 0 Å². The molecule has 0 aromatic heterocycles. The molecule has 0 unspecified atom stereocenters. The summed E-state index contributed by atoms with van der Waals surface area (Å²) in [4.78, 5) is 12.1. The van der Waals surface area contributed by atoms with Crippen LogP contribution in [0.1, 0.15) is 88.2 Å². The number of hydrogen-bond acceptors (Lipinski definition) is 3. The largest absolute Gasteiger partial charge is 0.306 e. The first-order valence-corrected chi connectivity index (χ1v) is 11.2. The second kappa shape index (κ2) is 10.8. The van der Waals surface area contributed by atoms with E-state index in [1.165, 1.54) is 87.7 Å². The molecule has 1 heterocycles. The number of amidine groups is 1. The summed E-state index contributed by atoms with van der Waals surface area (Å²) >= 11 is 0. The van der Waals surface area contributed by atoms with Gasteiger partial charge >= 0.3 is 0 Å². The zero-order valence-electron chi connectivity index (χ0n) is 17.4. The smallest absolute Gasteiger partial charge is 0.124 e. The fraction of sp³-hybridized carbons (Fsp3) is 0.667. The third kappa shape index (κ3) is 6.00. The molecule has 0 atom stereocenters. The highest BCUT2D eigenvalue weighted by molar-refractivity contribution is 6.13. The number of aliphatic imine (C=N–C) groups is 2. The van der Waals surface area contributed by atoms with Gasteiger partial charge in [0, 0.05) is 12.0 Å². The summed E-state index contributed by atoms with van der Waals surface area (Å²) in [7, 11) is 2.24. The molecule has 0 spiro atoms. The molecule has 148 valence electrons. The lowest BCUT2D eigenvalue weighted by Gasteiger charge is -2.24. The maximum atomic E-state index is 4.93. The molecule has 1 aromatic rings. The molecule has 3 heteroatoms. The minimum atomic E-state index is 0.723. The molecule has 0 bridgehead atoms. The van der Waals surface area contributed by atoms with E-state index in [0.29, 0.717) is 0 Å². The van der Waals surface area contributed by atoms with Crippen LogP contribution in [0.5, 0.6) is 0 Å². The van der Waals surface area contributed by atoms with Gasteiger partial charge in [-0.15, -0.1) is 0 Å². The molecule has 1 aliphatic carbocycles. The van der Waals surface area contributed by atoms with Gasteiger partial charge in [-0.3, -0.25) is 4.99 Å². The lowest BCUT2D eigenvalue weighted by atomic mass is 9.81. The average molecular weight is 368 g/mol.